The molecule has 0 aliphatic carbocycles. The zero-order chi connectivity index (χ0) is 24.1. The number of unbranched alkanes of at least 4 members (excludes halogenated alkanes) is 1. The zero-order valence-electron chi connectivity index (χ0n) is 18.3. The zero-order valence-corrected chi connectivity index (χ0v) is 19.2. The van der Waals surface area contributed by atoms with E-state index in [1.165, 1.54) is 6.92 Å². The highest BCUT2D eigenvalue weighted by Gasteiger charge is 2.31. The molecule has 0 saturated carbocycles. The summed E-state index contributed by atoms with van der Waals surface area (Å²) >= 11 is 4.09. The van der Waals surface area contributed by atoms with Gasteiger partial charge in [-0.25, -0.2) is 4.79 Å². The van der Waals surface area contributed by atoms with Gasteiger partial charge in [0.1, 0.15) is 12.1 Å². The van der Waals surface area contributed by atoms with Gasteiger partial charge in [-0.05, 0) is 38.6 Å². The molecule has 180 valence electrons. The Hall–Kier alpha value is -1.89. The number of carboxylic acid groups (broad SMARTS) is 1. The number of aliphatic hydroxyl groups excluding tert-OH is 1. The second kappa shape index (κ2) is 15.0. The van der Waals surface area contributed by atoms with Crippen molar-refractivity contribution in [1.29, 1.82) is 0 Å². The van der Waals surface area contributed by atoms with E-state index < -0.39 is 54.0 Å². The Labute approximate surface area is 188 Å². The summed E-state index contributed by atoms with van der Waals surface area (Å²) in [6.07, 6.45) is 0.705. The van der Waals surface area contributed by atoms with Crippen LogP contribution in [0.4, 0.5) is 0 Å². The first-order valence-corrected chi connectivity index (χ1v) is 11.0. The van der Waals surface area contributed by atoms with Gasteiger partial charge in [0, 0.05) is 5.75 Å². The van der Waals surface area contributed by atoms with Crippen LogP contribution in [0.3, 0.4) is 0 Å². The predicted molar refractivity (Wildman–Crippen MR) is 119 cm³/mol. The van der Waals surface area contributed by atoms with Crippen LogP contribution in [-0.4, -0.2) is 76.5 Å². The monoisotopic (exact) mass is 463 g/mol. The molecule has 5 atom stereocenters. The third-order valence-corrected chi connectivity index (χ3v) is 4.87. The number of aliphatic carboxylic acids is 1. The highest BCUT2D eigenvalue weighted by atomic mass is 32.1. The van der Waals surface area contributed by atoms with Crippen LogP contribution < -0.4 is 27.4 Å². The number of hydrogen-bond donors (Lipinski definition) is 8. The minimum Gasteiger partial charge on any atom is -0.480 e. The van der Waals surface area contributed by atoms with E-state index in [9.17, 15) is 24.3 Å². The summed E-state index contributed by atoms with van der Waals surface area (Å²) in [6.45, 7) is 5.38. The summed E-state index contributed by atoms with van der Waals surface area (Å²) in [4.78, 5) is 48.7. The molecule has 0 aromatic heterocycles. The number of nitrogens with two attached hydrogens (primary N) is 2. The van der Waals surface area contributed by atoms with Gasteiger partial charge in [-0.2, -0.15) is 12.6 Å². The van der Waals surface area contributed by atoms with Gasteiger partial charge < -0.3 is 37.6 Å². The Morgan fingerprint density at radius 1 is 0.935 bits per heavy atom. The van der Waals surface area contributed by atoms with Gasteiger partial charge in [0.15, 0.2) is 6.04 Å². The minimum atomic E-state index is -1.52. The summed E-state index contributed by atoms with van der Waals surface area (Å²) in [5, 5.41) is 26.0. The summed E-state index contributed by atoms with van der Waals surface area (Å²) in [5.41, 5.74) is 11.3. The molecule has 0 fully saturated rings. The standard InChI is InChI=1S/C19H37N5O6S/c1-10(2)8-13(17(27)24-15(11(3)25)19(29)30)22-18(28)14(9-31)23-16(26)12(21)6-4-5-7-20/h10-15,25,31H,4-9,20-21H2,1-3H3,(H,22,28)(H,23,26)(H,24,27)(H,29,30). The number of thiol groups is 1. The quantitative estimate of drug-likeness (QED) is 0.104. The molecule has 31 heavy (non-hydrogen) atoms. The molecule has 5 unspecified atom stereocenters. The minimum absolute atomic E-state index is 0.00844. The van der Waals surface area contributed by atoms with Gasteiger partial charge in [-0.15, -0.1) is 0 Å². The van der Waals surface area contributed by atoms with Crippen molar-refractivity contribution in [2.75, 3.05) is 12.3 Å². The molecular formula is C19H37N5O6S. The molecule has 0 aliphatic rings. The van der Waals surface area contributed by atoms with Crippen LogP contribution in [0.5, 0.6) is 0 Å². The Balaban J connectivity index is 5.15. The predicted octanol–water partition coefficient (Wildman–Crippen LogP) is -1.66. The smallest absolute Gasteiger partial charge is 0.328 e. The lowest BCUT2D eigenvalue weighted by Crippen LogP contribution is -2.58. The molecule has 0 heterocycles. The fourth-order valence-corrected chi connectivity index (χ4v) is 2.99. The average molecular weight is 464 g/mol. The number of carbonyl (C=O) groups is 4. The maximum absolute atomic E-state index is 12.7. The van der Waals surface area contributed by atoms with Crippen LogP contribution >= 0.6 is 12.6 Å². The molecular weight excluding hydrogens is 426 g/mol. The lowest BCUT2D eigenvalue weighted by molar-refractivity contribution is -0.145. The number of amides is 3. The van der Waals surface area contributed by atoms with Crippen LogP contribution in [0.15, 0.2) is 0 Å². The van der Waals surface area contributed by atoms with Gasteiger partial charge in [0.2, 0.25) is 17.7 Å². The van der Waals surface area contributed by atoms with E-state index in [4.69, 9.17) is 16.6 Å². The van der Waals surface area contributed by atoms with Crippen molar-refractivity contribution in [2.45, 2.75) is 76.7 Å². The van der Waals surface area contributed by atoms with E-state index >= 15 is 0 Å². The first-order chi connectivity index (χ1) is 14.4. The molecule has 9 N–H and O–H groups in total. The maximum atomic E-state index is 12.7. The molecule has 0 saturated heterocycles. The second-order valence-corrected chi connectivity index (χ2v) is 8.26. The van der Waals surface area contributed by atoms with Crippen molar-refractivity contribution < 1.29 is 29.4 Å². The Morgan fingerprint density at radius 2 is 1.48 bits per heavy atom. The number of carbonyl (C=O) groups excluding carboxylic acids is 3. The summed E-state index contributed by atoms with van der Waals surface area (Å²) in [6, 6.07) is -4.43. The highest BCUT2D eigenvalue weighted by Crippen LogP contribution is 2.07. The average Bonchev–Trinajstić information content (AvgIpc) is 2.68. The van der Waals surface area contributed by atoms with Gasteiger partial charge in [-0.3, -0.25) is 14.4 Å². The van der Waals surface area contributed by atoms with Gasteiger partial charge >= 0.3 is 5.97 Å². The number of nitrogens with one attached hydrogen (secondary N) is 3. The SMILES string of the molecule is CC(C)CC(NC(=O)C(CS)NC(=O)C(N)CCCCN)C(=O)NC(C(=O)O)C(C)O. The van der Waals surface area contributed by atoms with Crippen molar-refractivity contribution >= 4 is 36.3 Å². The van der Waals surface area contributed by atoms with Crippen LogP contribution in [0.1, 0.15) is 46.5 Å². The van der Waals surface area contributed by atoms with Crippen LogP contribution in [0.25, 0.3) is 0 Å². The molecule has 0 aliphatic heterocycles. The Morgan fingerprint density at radius 3 is 1.94 bits per heavy atom. The summed E-state index contributed by atoms with van der Waals surface area (Å²) < 4.78 is 0. The van der Waals surface area contributed by atoms with E-state index in [1.54, 1.807) is 0 Å². The highest BCUT2D eigenvalue weighted by molar-refractivity contribution is 7.80. The molecule has 0 rings (SSSR count). The molecule has 0 aromatic carbocycles. The normalized spacial score (nSPS) is 16.0. The van der Waals surface area contributed by atoms with E-state index in [2.05, 4.69) is 28.6 Å². The van der Waals surface area contributed by atoms with Crippen molar-refractivity contribution in [3.63, 3.8) is 0 Å². The van der Waals surface area contributed by atoms with Gasteiger partial charge in [-0.1, -0.05) is 20.3 Å². The third-order valence-electron chi connectivity index (χ3n) is 4.51. The first-order valence-electron chi connectivity index (χ1n) is 10.3. The van der Waals surface area contributed by atoms with E-state index in [1.807, 2.05) is 13.8 Å². The molecule has 0 spiro atoms. The molecule has 12 heteroatoms. The molecule has 0 aromatic rings. The number of hydrogen-bond acceptors (Lipinski definition) is 8. The molecule has 0 bridgehead atoms. The van der Waals surface area contributed by atoms with Crippen molar-refractivity contribution in [3.8, 4) is 0 Å². The van der Waals surface area contributed by atoms with Crippen molar-refractivity contribution in [3.05, 3.63) is 0 Å². The van der Waals surface area contributed by atoms with Crippen LogP contribution in [0.2, 0.25) is 0 Å². The Bertz CT molecular complexity index is 604. The fraction of sp³-hybridized carbons (Fsp3) is 0.789. The van der Waals surface area contributed by atoms with Crippen molar-refractivity contribution in [2.24, 2.45) is 17.4 Å². The molecule has 0 radical (unpaired) electrons. The van der Waals surface area contributed by atoms with E-state index in [0.29, 0.717) is 19.4 Å². The van der Waals surface area contributed by atoms with E-state index in [-0.39, 0.29) is 18.1 Å². The third kappa shape index (κ3) is 11.3. The lowest BCUT2D eigenvalue weighted by Gasteiger charge is -2.26. The lowest BCUT2D eigenvalue weighted by atomic mass is 10.0. The number of aliphatic hydroxyl groups is 1. The van der Waals surface area contributed by atoms with Gasteiger partial charge in [0.25, 0.3) is 0 Å². The van der Waals surface area contributed by atoms with Gasteiger partial charge in [0.05, 0.1) is 12.1 Å². The second-order valence-electron chi connectivity index (χ2n) is 7.89. The van der Waals surface area contributed by atoms with E-state index in [0.717, 1.165) is 6.42 Å². The molecule has 11 nitrogen and oxygen atoms in total. The fourth-order valence-electron chi connectivity index (χ4n) is 2.73. The largest absolute Gasteiger partial charge is 0.480 e. The van der Waals surface area contributed by atoms with Crippen molar-refractivity contribution in [1.82, 2.24) is 16.0 Å². The van der Waals surface area contributed by atoms with Crippen LogP contribution in [-0.2, 0) is 19.2 Å². The topological polar surface area (TPSA) is 197 Å². The maximum Gasteiger partial charge on any atom is 0.328 e. The van der Waals surface area contributed by atoms with Crippen LogP contribution in [0, 0.1) is 5.92 Å². The number of carboxylic acids is 1. The Kier molecular flexibility index (Phi) is 14.1. The summed E-state index contributed by atoms with van der Waals surface area (Å²) in [5.74, 6) is -3.36. The first kappa shape index (κ1) is 29.1. The number of rotatable bonds is 15. The summed E-state index contributed by atoms with van der Waals surface area (Å²) in [7, 11) is 0. The molecule has 3 amide bonds.